The summed E-state index contributed by atoms with van der Waals surface area (Å²) in [5, 5.41) is 3.22. The van der Waals surface area contributed by atoms with Crippen LogP contribution in [-0.2, 0) is 0 Å². The second kappa shape index (κ2) is 6.43. The van der Waals surface area contributed by atoms with Crippen LogP contribution in [-0.4, -0.2) is 39.0 Å². The number of hydrogen-bond acceptors (Lipinski definition) is 5. The summed E-state index contributed by atoms with van der Waals surface area (Å²) in [6.45, 7) is 3.85. The predicted octanol–water partition coefficient (Wildman–Crippen LogP) is 2.42. The predicted molar refractivity (Wildman–Crippen MR) is 95.5 cm³/mol. The number of hydrogen-bond donors (Lipinski definition) is 1. The molecule has 1 amide bonds. The SMILES string of the molecule is Cc1ccc(C)c(C(=O)NC2CC3CCC(C2)N3c2ccncn2)n1. The molecule has 4 rings (SSSR count). The topological polar surface area (TPSA) is 71.0 Å². The Hall–Kier alpha value is -2.50. The van der Waals surface area contributed by atoms with E-state index in [-0.39, 0.29) is 11.9 Å². The lowest BCUT2D eigenvalue weighted by atomic mass is 9.97. The largest absolute Gasteiger partial charge is 0.350 e. The number of carbonyl (C=O) groups is 1. The molecule has 2 aliphatic heterocycles. The Bertz CT molecular complexity index is 765. The highest BCUT2D eigenvalue weighted by atomic mass is 16.2. The molecule has 2 aromatic rings. The summed E-state index contributed by atoms with van der Waals surface area (Å²) in [5.41, 5.74) is 2.34. The second-order valence-electron chi connectivity index (χ2n) is 7.12. The maximum absolute atomic E-state index is 12.7. The van der Waals surface area contributed by atoms with Crippen molar-refractivity contribution in [2.45, 2.75) is 57.7 Å². The minimum absolute atomic E-state index is 0.0545. The average molecular weight is 337 g/mol. The Morgan fingerprint density at radius 2 is 1.92 bits per heavy atom. The van der Waals surface area contributed by atoms with Crippen LogP contribution in [0.2, 0.25) is 0 Å². The summed E-state index contributed by atoms with van der Waals surface area (Å²) in [5.74, 6) is 0.949. The van der Waals surface area contributed by atoms with Gasteiger partial charge >= 0.3 is 0 Å². The molecule has 130 valence electrons. The third-order valence-corrected chi connectivity index (χ3v) is 5.35. The summed E-state index contributed by atoms with van der Waals surface area (Å²) >= 11 is 0. The van der Waals surface area contributed by atoms with Crippen LogP contribution in [0, 0.1) is 13.8 Å². The molecule has 0 radical (unpaired) electrons. The normalized spacial score (nSPS) is 25.0. The van der Waals surface area contributed by atoms with Gasteiger partial charge in [-0.25, -0.2) is 15.0 Å². The molecule has 6 nitrogen and oxygen atoms in total. The number of carbonyl (C=O) groups excluding carboxylic acids is 1. The van der Waals surface area contributed by atoms with Crippen LogP contribution >= 0.6 is 0 Å². The van der Waals surface area contributed by atoms with Gasteiger partial charge in [0.05, 0.1) is 0 Å². The summed E-state index contributed by atoms with van der Waals surface area (Å²) in [4.78, 5) is 27.9. The summed E-state index contributed by atoms with van der Waals surface area (Å²) < 4.78 is 0. The van der Waals surface area contributed by atoms with Gasteiger partial charge in [-0.3, -0.25) is 4.79 Å². The molecule has 0 saturated carbocycles. The van der Waals surface area contributed by atoms with E-state index >= 15 is 0 Å². The van der Waals surface area contributed by atoms with Crippen LogP contribution in [0.4, 0.5) is 5.82 Å². The van der Waals surface area contributed by atoms with E-state index in [1.54, 1.807) is 12.5 Å². The fraction of sp³-hybridized carbons (Fsp3) is 0.474. The standard InChI is InChI=1S/C19H23N5O/c1-12-3-4-13(2)22-18(12)19(25)23-14-9-15-5-6-16(10-14)24(15)17-7-8-20-11-21-17/h3-4,7-8,11,14-16H,5-6,9-10H2,1-2H3,(H,23,25). The van der Waals surface area contributed by atoms with Crippen LogP contribution < -0.4 is 10.2 Å². The van der Waals surface area contributed by atoms with Crippen LogP contribution in [0.3, 0.4) is 0 Å². The Balaban J connectivity index is 1.46. The van der Waals surface area contributed by atoms with E-state index in [0.717, 1.165) is 42.8 Å². The molecule has 1 N–H and O–H groups in total. The molecular weight excluding hydrogens is 314 g/mol. The van der Waals surface area contributed by atoms with Gasteiger partial charge in [0.15, 0.2) is 0 Å². The van der Waals surface area contributed by atoms with Crippen LogP contribution in [0.1, 0.15) is 47.4 Å². The fourth-order valence-electron chi connectivity index (χ4n) is 4.22. The van der Waals surface area contributed by atoms with Gasteiger partial charge in [0.25, 0.3) is 5.91 Å². The highest BCUT2D eigenvalue weighted by Crippen LogP contribution is 2.38. The van der Waals surface area contributed by atoms with Crippen molar-refractivity contribution in [3.05, 3.63) is 47.7 Å². The molecular formula is C19H23N5O. The third-order valence-electron chi connectivity index (χ3n) is 5.35. The zero-order chi connectivity index (χ0) is 17.4. The van der Waals surface area contributed by atoms with Gasteiger partial charge < -0.3 is 10.2 Å². The van der Waals surface area contributed by atoms with Crippen molar-refractivity contribution < 1.29 is 4.79 Å². The number of aromatic nitrogens is 3. The van der Waals surface area contributed by atoms with E-state index < -0.39 is 0 Å². The second-order valence-corrected chi connectivity index (χ2v) is 7.12. The molecule has 0 aliphatic carbocycles. The van der Waals surface area contributed by atoms with Crippen LogP contribution in [0.25, 0.3) is 0 Å². The van der Waals surface area contributed by atoms with Crippen molar-refractivity contribution in [1.29, 1.82) is 0 Å². The fourth-order valence-corrected chi connectivity index (χ4v) is 4.22. The summed E-state index contributed by atoms with van der Waals surface area (Å²) in [7, 11) is 0. The van der Waals surface area contributed by atoms with Gasteiger partial charge in [0.2, 0.25) is 0 Å². The number of fused-ring (bicyclic) bond motifs is 2. The first-order valence-electron chi connectivity index (χ1n) is 8.91. The maximum atomic E-state index is 12.7. The lowest BCUT2D eigenvalue weighted by Crippen LogP contribution is -2.51. The Kier molecular flexibility index (Phi) is 4.11. The first-order valence-corrected chi connectivity index (χ1v) is 8.91. The number of rotatable bonds is 3. The van der Waals surface area contributed by atoms with E-state index in [4.69, 9.17) is 0 Å². The van der Waals surface area contributed by atoms with E-state index in [1.165, 1.54) is 0 Å². The Morgan fingerprint density at radius 1 is 1.16 bits per heavy atom. The number of aryl methyl sites for hydroxylation is 2. The minimum Gasteiger partial charge on any atom is -0.350 e. The van der Waals surface area contributed by atoms with Gasteiger partial charge in [-0.2, -0.15) is 0 Å². The van der Waals surface area contributed by atoms with Crippen LogP contribution in [0.5, 0.6) is 0 Å². The quantitative estimate of drug-likeness (QED) is 0.931. The molecule has 4 heterocycles. The number of anilines is 1. The molecule has 25 heavy (non-hydrogen) atoms. The zero-order valence-corrected chi connectivity index (χ0v) is 14.6. The Morgan fingerprint density at radius 3 is 2.60 bits per heavy atom. The third kappa shape index (κ3) is 3.08. The first-order chi connectivity index (χ1) is 12.1. The average Bonchev–Trinajstić information content (AvgIpc) is 2.88. The maximum Gasteiger partial charge on any atom is 0.270 e. The number of amides is 1. The molecule has 2 aromatic heterocycles. The van der Waals surface area contributed by atoms with Crippen molar-refractivity contribution in [2.75, 3.05) is 4.90 Å². The first kappa shape index (κ1) is 16.0. The van der Waals surface area contributed by atoms with E-state index in [9.17, 15) is 4.79 Å². The number of pyridine rings is 1. The van der Waals surface area contributed by atoms with Crippen molar-refractivity contribution >= 4 is 11.7 Å². The van der Waals surface area contributed by atoms with Crippen molar-refractivity contribution in [3.8, 4) is 0 Å². The lowest BCUT2D eigenvalue weighted by molar-refractivity contribution is 0.0921. The Labute approximate surface area is 147 Å². The molecule has 2 aliphatic rings. The van der Waals surface area contributed by atoms with Crippen molar-refractivity contribution in [1.82, 2.24) is 20.3 Å². The van der Waals surface area contributed by atoms with E-state index in [0.29, 0.717) is 17.8 Å². The van der Waals surface area contributed by atoms with Gasteiger partial charge in [-0.05, 0) is 57.2 Å². The van der Waals surface area contributed by atoms with Gasteiger partial charge in [0.1, 0.15) is 17.8 Å². The summed E-state index contributed by atoms with van der Waals surface area (Å²) in [6.07, 6.45) is 7.62. The van der Waals surface area contributed by atoms with Gasteiger partial charge in [-0.15, -0.1) is 0 Å². The zero-order valence-electron chi connectivity index (χ0n) is 14.6. The van der Waals surface area contributed by atoms with Crippen molar-refractivity contribution in [2.24, 2.45) is 0 Å². The van der Waals surface area contributed by atoms with E-state index in [2.05, 4.69) is 25.2 Å². The van der Waals surface area contributed by atoms with Crippen LogP contribution in [0.15, 0.2) is 30.7 Å². The van der Waals surface area contributed by atoms with Gasteiger partial charge in [0, 0.05) is 30.0 Å². The molecule has 0 spiro atoms. The minimum atomic E-state index is -0.0545. The molecule has 2 fully saturated rings. The number of piperidine rings is 1. The summed E-state index contributed by atoms with van der Waals surface area (Å²) in [6, 6.07) is 6.94. The molecule has 6 heteroatoms. The monoisotopic (exact) mass is 337 g/mol. The van der Waals surface area contributed by atoms with Crippen molar-refractivity contribution in [3.63, 3.8) is 0 Å². The number of nitrogens with zero attached hydrogens (tertiary/aromatic N) is 4. The highest BCUT2D eigenvalue weighted by Gasteiger charge is 2.41. The molecule has 2 saturated heterocycles. The number of nitrogens with one attached hydrogen (secondary N) is 1. The molecule has 2 atom stereocenters. The molecule has 2 bridgehead atoms. The molecule has 0 aromatic carbocycles. The molecule has 2 unspecified atom stereocenters. The van der Waals surface area contributed by atoms with E-state index in [1.807, 2.05) is 32.0 Å². The lowest BCUT2D eigenvalue weighted by Gasteiger charge is -2.39. The smallest absolute Gasteiger partial charge is 0.270 e. The highest BCUT2D eigenvalue weighted by molar-refractivity contribution is 5.93. The van der Waals surface area contributed by atoms with Gasteiger partial charge in [-0.1, -0.05) is 6.07 Å².